The Balaban J connectivity index is 2.19. The summed E-state index contributed by atoms with van der Waals surface area (Å²) in [4.78, 5) is 40.8. The van der Waals surface area contributed by atoms with E-state index in [4.69, 9.17) is 16.2 Å². The molecule has 2 rings (SSSR count). The van der Waals surface area contributed by atoms with E-state index >= 15 is 0 Å². The van der Waals surface area contributed by atoms with Crippen molar-refractivity contribution in [2.45, 2.75) is 30.9 Å². The fourth-order valence-electron chi connectivity index (χ4n) is 2.46. The van der Waals surface area contributed by atoms with Gasteiger partial charge in [-0.1, -0.05) is 0 Å². The van der Waals surface area contributed by atoms with Gasteiger partial charge in [-0.05, 0) is 0 Å². The molecule has 1 aliphatic heterocycles. The third-order valence-electron chi connectivity index (χ3n) is 3.64. The second kappa shape index (κ2) is 7.92. The molecule has 4 atom stereocenters. The number of nitrogens with two attached hydrogens (primary N) is 2. The fraction of sp³-hybridized carbons (Fsp3) is 0.538. The lowest BCUT2D eigenvalue weighted by molar-refractivity contribution is -0.123. The van der Waals surface area contributed by atoms with E-state index in [-0.39, 0.29) is 18.9 Å². The number of aliphatic hydroxyl groups is 2. The van der Waals surface area contributed by atoms with Crippen LogP contribution in [0.25, 0.3) is 0 Å². The number of aromatic amines is 1. The second-order valence-corrected chi connectivity index (χ2v) is 5.41. The molecule has 0 radical (unpaired) electrons. The van der Waals surface area contributed by atoms with Gasteiger partial charge in [0.25, 0.3) is 5.56 Å². The van der Waals surface area contributed by atoms with Crippen molar-refractivity contribution >= 4 is 11.9 Å². The number of aliphatic hydroxyl groups excluding tert-OH is 2. The number of hydrogen-bond donors (Lipinski definition) is 6. The molecule has 0 spiro atoms. The highest BCUT2D eigenvalue weighted by Crippen LogP contribution is 2.28. The van der Waals surface area contributed by atoms with Crippen LogP contribution in [0, 0.1) is 0 Å². The van der Waals surface area contributed by atoms with E-state index in [1.165, 1.54) is 6.20 Å². The molecule has 25 heavy (non-hydrogen) atoms. The summed E-state index contributed by atoms with van der Waals surface area (Å²) in [6.45, 7) is -0.472. The number of aliphatic imine (C=N–C) groups is 1. The van der Waals surface area contributed by atoms with Gasteiger partial charge in [0.05, 0.1) is 13.2 Å². The number of guanidine groups is 1. The van der Waals surface area contributed by atoms with Gasteiger partial charge >= 0.3 is 5.69 Å². The molecule has 0 saturated carbocycles. The summed E-state index contributed by atoms with van der Waals surface area (Å²) >= 11 is 0. The molecule has 1 aromatic heterocycles. The van der Waals surface area contributed by atoms with Gasteiger partial charge in [0, 0.05) is 18.7 Å². The molecule has 2 heterocycles. The molecule has 1 aromatic rings. The van der Waals surface area contributed by atoms with Gasteiger partial charge in [-0.3, -0.25) is 24.1 Å². The maximum absolute atomic E-state index is 12.0. The van der Waals surface area contributed by atoms with Crippen LogP contribution >= 0.6 is 0 Å². The third kappa shape index (κ3) is 4.43. The van der Waals surface area contributed by atoms with Crippen LogP contribution in [0.4, 0.5) is 0 Å². The number of rotatable bonds is 6. The van der Waals surface area contributed by atoms with Gasteiger partial charge in [-0.2, -0.15) is 0 Å². The van der Waals surface area contributed by atoms with Crippen LogP contribution in [0.5, 0.6) is 0 Å². The van der Waals surface area contributed by atoms with Gasteiger partial charge in [0.1, 0.15) is 18.2 Å². The summed E-state index contributed by atoms with van der Waals surface area (Å²) in [7, 11) is 0. The zero-order valence-electron chi connectivity index (χ0n) is 13.2. The van der Waals surface area contributed by atoms with Crippen molar-refractivity contribution in [1.82, 2.24) is 14.9 Å². The van der Waals surface area contributed by atoms with Crippen molar-refractivity contribution in [2.75, 3.05) is 13.2 Å². The predicted molar refractivity (Wildman–Crippen MR) is 85.5 cm³/mol. The van der Waals surface area contributed by atoms with Crippen molar-refractivity contribution < 1.29 is 19.7 Å². The molecule has 8 N–H and O–H groups in total. The molecule has 138 valence electrons. The largest absolute Gasteiger partial charge is 0.394 e. The van der Waals surface area contributed by atoms with Crippen LogP contribution in [0.15, 0.2) is 26.8 Å². The zero-order valence-corrected chi connectivity index (χ0v) is 13.2. The quantitative estimate of drug-likeness (QED) is 0.218. The van der Waals surface area contributed by atoms with Crippen LogP contribution in [0.1, 0.15) is 12.6 Å². The van der Waals surface area contributed by atoms with Crippen molar-refractivity contribution in [3.63, 3.8) is 0 Å². The van der Waals surface area contributed by atoms with Crippen LogP contribution < -0.4 is 28.0 Å². The molecule has 12 heteroatoms. The summed E-state index contributed by atoms with van der Waals surface area (Å²) < 4.78 is 6.46. The van der Waals surface area contributed by atoms with Gasteiger partial charge in [0.15, 0.2) is 12.2 Å². The first-order valence-corrected chi connectivity index (χ1v) is 7.44. The first-order valence-electron chi connectivity index (χ1n) is 7.44. The Hall–Kier alpha value is -2.70. The van der Waals surface area contributed by atoms with Gasteiger partial charge in [0.2, 0.25) is 5.91 Å². The number of H-pyrrole nitrogens is 1. The number of nitrogens with one attached hydrogen (secondary N) is 2. The van der Waals surface area contributed by atoms with Gasteiger partial charge in [-0.25, -0.2) is 4.79 Å². The van der Waals surface area contributed by atoms with Crippen LogP contribution in [0.2, 0.25) is 0 Å². The monoisotopic (exact) mass is 356 g/mol. The first-order chi connectivity index (χ1) is 11.8. The highest BCUT2D eigenvalue weighted by Gasteiger charge is 2.45. The number of carbonyl (C=O) groups is 1. The van der Waals surface area contributed by atoms with Crippen LogP contribution in [-0.4, -0.2) is 63.0 Å². The van der Waals surface area contributed by atoms with Crippen LogP contribution in [0.3, 0.4) is 0 Å². The standard InChI is InChI=1S/C13H20N6O6/c14-12(15)16-3-1-7(21)17-9-10(23)6(5-20)25-11(9)19-4-2-8(22)18-13(19)24/h2,4,6,9-11,20,23H,1,3,5H2,(H,17,21)(H4,14,15,16)(H,18,22,24)/t6-,9?,10?,11-/m1/s1. The normalized spacial score (nSPS) is 25.5. The van der Waals surface area contributed by atoms with Crippen molar-refractivity contribution in [3.8, 4) is 0 Å². The minimum Gasteiger partial charge on any atom is -0.394 e. The summed E-state index contributed by atoms with van der Waals surface area (Å²) in [5, 5.41) is 22.0. The van der Waals surface area contributed by atoms with Crippen LogP contribution in [-0.2, 0) is 9.53 Å². The van der Waals surface area contributed by atoms with E-state index in [1.54, 1.807) is 0 Å². The number of hydrogen-bond acceptors (Lipinski definition) is 7. The maximum Gasteiger partial charge on any atom is 0.330 e. The molecule has 1 fully saturated rings. The molecule has 1 saturated heterocycles. The SMILES string of the molecule is NC(N)=NCCC(=O)NC1C(O)[C@@H](CO)O[C@H]1n1ccc(=O)[nH]c1=O. The Labute approximate surface area is 141 Å². The molecule has 12 nitrogen and oxygen atoms in total. The van der Waals surface area contributed by atoms with E-state index in [0.29, 0.717) is 0 Å². The summed E-state index contributed by atoms with van der Waals surface area (Å²) in [6.07, 6.45) is -2.26. The molecule has 1 amide bonds. The highest BCUT2D eigenvalue weighted by atomic mass is 16.5. The maximum atomic E-state index is 12.0. The summed E-state index contributed by atoms with van der Waals surface area (Å²) in [5.74, 6) is -0.645. The molecule has 0 aliphatic carbocycles. The number of amides is 1. The van der Waals surface area contributed by atoms with Crippen molar-refractivity contribution in [1.29, 1.82) is 0 Å². The van der Waals surface area contributed by atoms with Gasteiger partial charge in [-0.15, -0.1) is 0 Å². The fourth-order valence-corrected chi connectivity index (χ4v) is 2.46. The minimum atomic E-state index is -1.26. The van der Waals surface area contributed by atoms with E-state index < -0.39 is 48.2 Å². The lowest BCUT2D eigenvalue weighted by Crippen LogP contribution is -2.48. The summed E-state index contributed by atoms with van der Waals surface area (Å²) in [5.41, 5.74) is 8.96. The molecule has 0 aromatic carbocycles. The van der Waals surface area contributed by atoms with Gasteiger partial charge < -0.3 is 31.7 Å². The van der Waals surface area contributed by atoms with E-state index in [0.717, 1.165) is 10.6 Å². The average Bonchev–Trinajstić information content (AvgIpc) is 2.83. The van der Waals surface area contributed by atoms with E-state index in [9.17, 15) is 24.6 Å². The molecular formula is C13H20N6O6. The van der Waals surface area contributed by atoms with E-state index in [2.05, 4.69) is 15.3 Å². The Morgan fingerprint density at radius 1 is 1.44 bits per heavy atom. The first kappa shape index (κ1) is 18.6. The lowest BCUT2D eigenvalue weighted by atomic mass is 10.1. The Morgan fingerprint density at radius 2 is 2.16 bits per heavy atom. The number of ether oxygens (including phenoxy) is 1. The number of aromatic nitrogens is 2. The van der Waals surface area contributed by atoms with E-state index in [1.807, 2.05) is 0 Å². The van der Waals surface area contributed by atoms with Crippen molar-refractivity contribution in [3.05, 3.63) is 33.1 Å². The van der Waals surface area contributed by atoms with Crippen molar-refractivity contribution in [2.24, 2.45) is 16.5 Å². The highest BCUT2D eigenvalue weighted by molar-refractivity contribution is 5.78. The zero-order chi connectivity index (χ0) is 18.6. The Bertz CT molecular complexity index is 754. The predicted octanol–water partition coefficient (Wildman–Crippen LogP) is -4.06. The number of nitrogens with zero attached hydrogens (tertiary/aromatic N) is 2. The molecular weight excluding hydrogens is 336 g/mol. The molecule has 2 unspecified atom stereocenters. The number of carbonyl (C=O) groups excluding carboxylic acids is 1. The smallest absolute Gasteiger partial charge is 0.330 e. The summed E-state index contributed by atoms with van der Waals surface area (Å²) in [6, 6.07) is 0.0774. The Morgan fingerprint density at radius 3 is 2.76 bits per heavy atom. The Kier molecular flexibility index (Phi) is 5.90. The second-order valence-electron chi connectivity index (χ2n) is 5.41. The molecule has 1 aliphatic rings. The third-order valence-corrected chi connectivity index (χ3v) is 3.64. The average molecular weight is 356 g/mol. The topological polar surface area (TPSA) is 198 Å². The lowest BCUT2D eigenvalue weighted by Gasteiger charge is -2.22. The minimum absolute atomic E-state index is 0.0462. The molecule has 0 bridgehead atoms.